The first kappa shape index (κ1) is 111. The van der Waals surface area contributed by atoms with Crippen LogP contribution in [0.5, 0.6) is 0 Å². The van der Waals surface area contributed by atoms with Gasteiger partial charge in [0.25, 0.3) is 0 Å². The summed E-state index contributed by atoms with van der Waals surface area (Å²) in [5, 5.41) is 0. The predicted molar refractivity (Wildman–Crippen MR) is 483 cm³/mol. The number of hydrogen-bond donors (Lipinski definition) is 0. The second-order valence-corrected chi connectivity index (χ2v) is 35.3. The molecule has 12 nitrogen and oxygen atoms in total. The molecule has 0 aromatic rings. The normalized spacial score (nSPS) is 12.3. The van der Waals surface area contributed by atoms with E-state index in [1.807, 2.05) is 0 Å². The largest absolute Gasteiger partial charge is 0.462 e. The SMILES string of the molecule is CCCCCCCCCCCCCCCC(=O)OCC(COC(=O)CCCCCCCCCCCCCCC[13CH](OC(=O)CCCCCCCCCCCCCCC)[13CH]([13CH2]OC(=O)CCCCCCCCCCCCCCC)OC(=O)CCCCCCCCCCCCCCC)OC(=O)CCCCCCCCCCCCCCC. The van der Waals surface area contributed by atoms with Gasteiger partial charge in [0.1, 0.15) is 25.9 Å². The number of carbonyl (C=O) groups is 6. The Morgan fingerprint density at radius 1 is 0.158 bits per heavy atom. The predicted octanol–water partition coefficient (Wildman–Crippen LogP) is 32.6. The lowest BCUT2D eigenvalue weighted by atomic mass is 10.0. The van der Waals surface area contributed by atoms with Gasteiger partial charge in [0.05, 0.1) is 0 Å². The molecule has 0 aliphatic rings. The zero-order chi connectivity index (χ0) is 82.7. The van der Waals surface area contributed by atoms with Crippen molar-refractivity contribution in [2.45, 2.75) is 599 Å². The first-order chi connectivity index (χ1) is 56.1. The molecule has 3 atom stereocenters. The van der Waals surface area contributed by atoms with Crippen LogP contribution in [0.4, 0.5) is 0 Å². The molecule has 0 aliphatic carbocycles. The maximum Gasteiger partial charge on any atom is 0.306 e. The fraction of sp³-hybridized carbons (Fsp3) is 0.941. The van der Waals surface area contributed by atoms with Crippen molar-refractivity contribution in [2.75, 3.05) is 19.8 Å². The van der Waals surface area contributed by atoms with Gasteiger partial charge in [-0.1, -0.05) is 490 Å². The van der Waals surface area contributed by atoms with Crippen LogP contribution < -0.4 is 0 Å². The summed E-state index contributed by atoms with van der Waals surface area (Å²) in [7, 11) is 0. The van der Waals surface area contributed by atoms with Crippen LogP contribution in [0.15, 0.2) is 0 Å². The smallest absolute Gasteiger partial charge is 0.306 e. The van der Waals surface area contributed by atoms with Crippen molar-refractivity contribution >= 4 is 35.8 Å². The van der Waals surface area contributed by atoms with Gasteiger partial charge in [-0.15, -0.1) is 0 Å². The van der Waals surface area contributed by atoms with Crippen molar-refractivity contribution in [3.8, 4) is 0 Å². The summed E-state index contributed by atoms with van der Waals surface area (Å²) in [6.07, 6.45) is 94.4. The highest BCUT2D eigenvalue weighted by Gasteiger charge is 2.30. The van der Waals surface area contributed by atoms with Crippen LogP contribution in [0, 0.1) is 0 Å². The van der Waals surface area contributed by atoms with Crippen molar-refractivity contribution in [2.24, 2.45) is 0 Å². The topological polar surface area (TPSA) is 158 Å². The highest BCUT2D eigenvalue weighted by Crippen LogP contribution is 2.24. The standard InChI is InChI=1S/C102H194O12/c1-6-11-16-21-26-31-36-42-50-57-64-71-78-85-97(103)109-91-94(112-100(106)88-81-74-67-60-53-44-38-33-28-23-18-13-8-3)92-110-98(104)86-79-72-65-58-52-48-41-47-49-56-63-70-77-84-95(113-101(107)89-82-75-68-61-54-45-39-34-29-24-19-14-9-4)96(114-102(108)90-83-76-69-62-55-46-40-35-30-25-20-15-10-5)93-111-99(105)87-80-73-66-59-51-43-37-32-27-22-17-12-7-2/h94-96H,6-93H2,1-5H3/i93+1,95+1,96+1. The van der Waals surface area contributed by atoms with E-state index in [0.717, 1.165) is 148 Å². The molecule has 12 heteroatoms. The van der Waals surface area contributed by atoms with Crippen molar-refractivity contribution in [3.05, 3.63) is 0 Å². The summed E-state index contributed by atoms with van der Waals surface area (Å²) >= 11 is 0. The molecular formula is C102H194O12. The van der Waals surface area contributed by atoms with E-state index in [9.17, 15) is 28.8 Å². The highest BCUT2D eigenvalue weighted by atomic mass is 16.7. The summed E-state index contributed by atoms with van der Waals surface area (Å²) in [5.41, 5.74) is 0. The molecule has 0 radical (unpaired) electrons. The number of rotatable bonds is 96. The molecule has 0 N–H and O–H groups in total. The van der Waals surface area contributed by atoms with E-state index >= 15 is 0 Å². The third-order valence-corrected chi connectivity index (χ3v) is 23.8. The highest BCUT2D eigenvalue weighted by molar-refractivity contribution is 5.72. The first-order valence-electron chi connectivity index (χ1n) is 51.1. The Kier molecular flexibility index (Phi) is 91.1. The molecule has 0 aromatic heterocycles. The van der Waals surface area contributed by atoms with Crippen molar-refractivity contribution in [1.29, 1.82) is 0 Å². The Hall–Kier alpha value is -3.18. The maximum absolute atomic E-state index is 13.7. The maximum atomic E-state index is 13.7. The van der Waals surface area contributed by atoms with E-state index in [-0.39, 0.29) is 55.6 Å². The minimum atomic E-state index is -0.831. The number of unbranched alkanes of at least 4 members (excludes halogenated alkanes) is 72. The van der Waals surface area contributed by atoms with Gasteiger partial charge in [0, 0.05) is 38.5 Å². The lowest BCUT2D eigenvalue weighted by Crippen LogP contribution is -2.39. The van der Waals surface area contributed by atoms with Crippen molar-refractivity contribution < 1.29 is 57.2 Å². The van der Waals surface area contributed by atoms with E-state index in [0.29, 0.717) is 44.9 Å². The number of carbonyl (C=O) groups excluding carboxylic acids is 6. The van der Waals surface area contributed by atoms with E-state index in [4.69, 9.17) is 28.4 Å². The van der Waals surface area contributed by atoms with Crippen LogP contribution >= 0.6 is 0 Å². The Bertz CT molecular complexity index is 2010. The van der Waals surface area contributed by atoms with Gasteiger partial charge in [0.2, 0.25) is 0 Å². The second-order valence-electron chi connectivity index (χ2n) is 35.3. The van der Waals surface area contributed by atoms with Crippen LogP contribution in [-0.2, 0) is 57.2 Å². The Morgan fingerprint density at radius 3 is 0.509 bits per heavy atom. The van der Waals surface area contributed by atoms with E-state index < -0.39 is 18.3 Å². The molecule has 0 rings (SSSR count). The van der Waals surface area contributed by atoms with Gasteiger partial charge in [-0.05, 0) is 51.4 Å². The average molecular weight is 1620 g/mol. The van der Waals surface area contributed by atoms with E-state index in [1.165, 1.54) is 353 Å². The summed E-state index contributed by atoms with van der Waals surface area (Å²) in [6.45, 7) is 11.1. The molecule has 0 fully saturated rings. The summed E-state index contributed by atoms with van der Waals surface area (Å²) < 4.78 is 35.6. The average Bonchev–Trinajstić information content (AvgIpc) is 0.886. The molecule has 0 aliphatic heterocycles. The van der Waals surface area contributed by atoms with Gasteiger partial charge in [-0.25, -0.2) is 0 Å². The fourth-order valence-corrected chi connectivity index (χ4v) is 16.1. The van der Waals surface area contributed by atoms with Crippen LogP contribution in [-0.4, -0.2) is 73.9 Å². The third-order valence-electron chi connectivity index (χ3n) is 23.8. The first-order valence-corrected chi connectivity index (χ1v) is 51.1. The van der Waals surface area contributed by atoms with Crippen molar-refractivity contribution in [1.82, 2.24) is 0 Å². The minimum Gasteiger partial charge on any atom is -0.462 e. The lowest BCUT2D eigenvalue weighted by Gasteiger charge is -2.27. The molecule has 0 amide bonds. The number of hydrogen-bond acceptors (Lipinski definition) is 12. The molecular weight excluding hydrogens is 1420 g/mol. The van der Waals surface area contributed by atoms with E-state index in [2.05, 4.69) is 34.6 Å². The van der Waals surface area contributed by atoms with E-state index in [1.54, 1.807) is 0 Å². The minimum absolute atomic E-state index is 0.0876. The molecule has 3 unspecified atom stereocenters. The fourth-order valence-electron chi connectivity index (χ4n) is 16.1. The van der Waals surface area contributed by atoms with Crippen LogP contribution in [0.1, 0.15) is 580 Å². The lowest BCUT2D eigenvalue weighted by molar-refractivity contribution is -0.176. The Morgan fingerprint density at radius 2 is 0.307 bits per heavy atom. The molecule has 0 bridgehead atoms. The molecule has 0 saturated heterocycles. The summed E-state index contributed by atoms with van der Waals surface area (Å²) in [4.78, 5) is 79.7. The van der Waals surface area contributed by atoms with Gasteiger partial charge >= 0.3 is 35.8 Å². The van der Waals surface area contributed by atoms with Gasteiger partial charge < -0.3 is 28.4 Å². The molecule has 0 saturated carbocycles. The molecule has 0 heterocycles. The van der Waals surface area contributed by atoms with Crippen LogP contribution in [0.25, 0.3) is 0 Å². The summed E-state index contributed by atoms with van der Waals surface area (Å²) in [5.74, 6) is -1.74. The molecule has 674 valence electrons. The Balaban J connectivity index is 5.32. The number of esters is 6. The van der Waals surface area contributed by atoms with Crippen molar-refractivity contribution in [3.63, 3.8) is 0 Å². The van der Waals surface area contributed by atoms with Gasteiger partial charge in [-0.2, -0.15) is 0 Å². The van der Waals surface area contributed by atoms with Gasteiger partial charge in [-0.3, -0.25) is 28.8 Å². The molecule has 0 spiro atoms. The second kappa shape index (κ2) is 93.7. The quantitative estimate of drug-likeness (QED) is 0.0246. The van der Waals surface area contributed by atoms with Crippen LogP contribution in [0.2, 0.25) is 0 Å². The van der Waals surface area contributed by atoms with Crippen LogP contribution in [0.3, 0.4) is 0 Å². The molecule has 114 heavy (non-hydrogen) atoms. The van der Waals surface area contributed by atoms with Gasteiger partial charge in [0.15, 0.2) is 12.2 Å². The number of ether oxygens (including phenoxy) is 6. The molecule has 0 aromatic carbocycles. The third kappa shape index (κ3) is 86.7. The Labute approximate surface area is 707 Å². The zero-order valence-electron chi connectivity index (χ0n) is 76.9. The zero-order valence-corrected chi connectivity index (χ0v) is 76.9. The monoisotopic (exact) mass is 1610 g/mol. The summed E-state index contributed by atoms with van der Waals surface area (Å²) in [6, 6.07) is 0.